The zero-order chi connectivity index (χ0) is 15.0. The van der Waals surface area contributed by atoms with Crippen molar-refractivity contribution in [3.63, 3.8) is 0 Å². The van der Waals surface area contributed by atoms with Gasteiger partial charge in [-0.1, -0.05) is 6.08 Å². The second-order valence-corrected chi connectivity index (χ2v) is 5.76. The summed E-state index contributed by atoms with van der Waals surface area (Å²) in [4.78, 5) is 0.0990. The number of methoxy groups -OCH3 is 1. The van der Waals surface area contributed by atoms with E-state index in [2.05, 4.69) is 11.3 Å². The van der Waals surface area contributed by atoms with Gasteiger partial charge in [-0.15, -0.1) is 6.58 Å². The largest absolute Gasteiger partial charge is 0.495 e. The van der Waals surface area contributed by atoms with E-state index in [4.69, 9.17) is 15.2 Å². The van der Waals surface area contributed by atoms with Crippen LogP contribution in [0.1, 0.15) is 6.42 Å². The van der Waals surface area contributed by atoms with Crippen LogP contribution in [0.25, 0.3) is 0 Å². The van der Waals surface area contributed by atoms with E-state index >= 15 is 0 Å². The molecule has 0 aliphatic carbocycles. The number of ether oxygens (including phenoxy) is 2. The minimum absolute atomic E-state index is 0.0990. The standard InChI is InChI=1S/C13H20N2O4S/c1-3-4-8-19-9-7-15-20(16,17)11-5-6-13(18-2)12(14)10-11/h3,5-6,10,15H,1,4,7-9,14H2,2H3. The van der Waals surface area contributed by atoms with Crippen molar-refractivity contribution in [2.45, 2.75) is 11.3 Å². The summed E-state index contributed by atoms with van der Waals surface area (Å²) in [5, 5.41) is 0. The van der Waals surface area contributed by atoms with Crippen LogP contribution in [0.4, 0.5) is 5.69 Å². The first kappa shape index (κ1) is 16.5. The summed E-state index contributed by atoms with van der Waals surface area (Å²) in [5.41, 5.74) is 5.96. The number of hydrogen-bond acceptors (Lipinski definition) is 5. The van der Waals surface area contributed by atoms with Crippen LogP contribution < -0.4 is 15.2 Å². The highest BCUT2D eigenvalue weighted by molar-refractivity contribution is 7.89. The monoisotopic (exact) mass is 300 g/mol. The average molecular weight is 300 g/mol. The van der Waals surface area contributed by atoms with Gasteiger partial charge in [0.25, 0.3) is 0 Å². The lowest BCUT2D eigenvalue weighted by molar-refractivity contribution is 0.144. The smallest absolute Gasteiger partial charge is 0.240 e. The Hall–Kier alpha value is -1.57. The summed E-state index contributed by atoms with van der Waals surface area (Å²) in [6, 6.07) is 4.32. The van der Waals surface area contributed by atoms with Crippen LogP contribution >= 0.6 is 0 Å². The topological polar surface area (TPSA) is 90.6 Å². The number of sulfonamides is 1. The Bertz CT molecular complexity index is 543. The molecular formula is C13H20N2O4S. The average Bonchev–Trinajstić information content (AvgIpc) is 2.42. The van der Waals surface area contributed by atoms with Crippen molar-refractivity contribution in [2.24, 2.45) is 0 Å². The van der Waals surface area contributed by atoms with Crippen LogP contribution in [0, 0.1) is 0 Å². The maximum absolute atomic E-state index is 12.0. The van der Waals surface area contributed by atoms with Crippen LogP contribution in [0.5, 0.6) is 5.75 Å². The minimum Gasteiger partial charge on any atom is -0.495 e. The van der Waals surface area contributed by atoms with Crippen LogP contribution in [-0.4, -0.2) is 35.3 Å². The molecule has 0 amide bonds. The van der Waals surface area contributed by atoms with Gasteiger partial charge in [0.05, 0.1) is 30.9 Å². The van der Waals surface area contributed by atoms with Crippen molar-refractivity contribution in [1.29, 1.82) is 0 Å². The van der Waals surface area contributed by atoms with Gasteiger partial charge in [-0.2, -0.15) is 0 Å². The number of nitrogens with two attached hydrogens (primary N) is 1. The van der Waals surface area contributed by atoms with Gasteiger partial charge in [0.15, 0.2) is 0 Å². The molecule has 0 radical (unpaired) electrons. The molecule has 0 aliphatic rings. The van der Waals surface area contributed by atoms with Crippen molar-refractivity contribution in [2.75, 3.05) is 32.6 Å². The van der Waals surface area contributed by atoms with Crippen LogP contribution in [0.2, 0.25) is 0 Å². The summed E-state index contributed by atoms with van der Waals surface area (Å²) in [6.45, 7) is 4.60. The number of nitrogen functional groups attached to an aromatic ring is 1. The molecule has 0 aliphatic heterocycles. The lowest BCUT2D eigenvalue weighted by atomic mass is 10.3. The molecule has 0 fully saturated rings. The van der Waals surface area contributed by atoms with E-state index in [-0.39, 0.29) is 17.1 Å². The molecule has 0 saturated heterocycles. The molecule has 112 valence electrons. The summed E-state index contributed by atoms with van der Waals surface area (Å²) < 4.78 is 36.6. The van der Waals surface area contributed by atoms with E-state index in [0.29, 0.717) is 19.0 Å². The van der Waals surface area contributed by atoms with E-state index in [0.717, 1.165) is 6.42 Å². The summed E-state index contributed by atoms with van der Waals surface area (Å²) in [5.74, 6) is 0.441. The molecule has 0 heterocycles. The predicted octanol–water partition coefficient (Wildman–Crippen LogP) is 1.15. The first-order chi connectivity index (χ1) is 9.51. The van der Waals surface area contributed by atoms with Crippen molar-refractivity contribution >= 4 is 15.7 Å². The maximum Gasteiger partial charge on any atom is 0.240 e. The van der Waals surface area contributed by atoms with Crippen molar-refractivity contribution in [3.05, 3.63) is 30.9 Å². The lowest BCUT2D eigenvalue weighted by Crippen LogP contribution is -2.27. The van der Waals surface area contributed by atoms with E-state index in [1.807, 2.05) is 0 Å². The highest BCUT2D eigenvalue weighted by atomic mass is 32.2. The molecule has 0 aromatic heterocycles. The zero-order valence-electron chi connectivity index (χ0n) is 11.5. The number of anilines is 1. The van der Waals surface area contributed by atoms with Gasteiger partial charge in [-0.05, 0) is 24.6 Å². The minimum atomic E-state index is -3.59. The second-order valence-electron chi connectivity index (χ2n) is 3.99. The first-order valence-electron chi connectivity index (χ1n) is 6.13. The Kier molecular flexibility index (Phi) is 6.50. The molecule has 0 atom stereocenters. The molecule has 0 saturated carbocycles. The van der Waals surface area contributed by atoms with Gasteiger partial charge < -0.3 is 15.2 Å². The molecule has 0 bridgehead atoms. The molecular weight excluding hydrogens is 280 g/mol. The van der Waals surface area contributed by atoms with Gasteiger partial charge in [0.2, 0.25) is 10.0 Å². The Morgan fingerprint density at radius 3 is 2.75 bits per heavy atom. The number of hydrogen-bond donors (Lipinski definition) is 2. The van der Waals surface area contributed by atoms with Gasteiger partial charge in [0.1, 0.15) is 5.75 Å². The Morgan fingerprint density at radius 1 is 1.40 bits per heavy atom. The second kappa shape index (κ2) is 7.88. The molecule has 7 heteroatoms. The summed E-state index contributed by atoms with van der Waals surface area (Å²) in [7, 11) is -2.12. The van der Waals surface area contributed by atoms with E-state index in [9.17, 15) is 8.42 Å². The van der Waals surface area contributed by atoms with E-state index in [1.165, 1.54) is 25.3 Å². The van der Waals surface area contributed by atoms with Crippen molar-refractivity contribution < 1.29 is 17.9 Å². The molecule has 20 heavy (non-hydrogen) atoms. The number of benzene rings is 1. The SMILES string of the molecule is C=CCCOCCNS(=O)(=O)c1ccc(OC)c(N)c1. The maximum atomic E-state index is 12.0. The van der Waals surface area contributed by atoms with Crippen molar-refractivity contribution in [1.82, 2.24) is 4.72 Å². The highest BCUT2D eigenvalue weighted by Crippen LogP contribution is 2.24. The summed E-state index contributed by atoms with van der Waals surface area (Å²) >= 11 is 0. The van der Waals surface area contributed by atoms with E-state index in [1.54, 1.807) is 6.08 Å². The molecule has 0 unspecified atom stereocenters. The molecule has 1 aromatic rings. The van der Waals surface area contributed by atoms with Crippen molar-refractivity contribution in [3.8, 4) is 5.75 Å². The van der Waals surface area contributed by atoms with Gasteiger partial charge in [0, 0.05) is 6.54 Å². The molecule has 6 nitrogen and oxygen atoms in total. The fourth-order valence-corrected chi connectivity index (χ4v) is 2.53. The number of nitrogens with one attached hydrogen (secondary N) is 1. The zero-order valence-corrected chi connectivity index (χ0v) is 12.3. The molecule has 1 rings (SSSR count). The third kappa shape index (κ3) is 4.84. The van der Waals surface area contributed by atoms with Gasteiger partial charge in [-0.3, -0.25) is 0 Å². The van der Waals surface area contributed by atoms with Crippen LogP contribution in [-0.2, 0) is 14.8 Å². The lowest BCUT2D eigenvalue weighted by Gasteiger charge is -2.09. The molecule has 3 N–H and O–H groups in total. The third-order valence-electron chi connectivity index (χ3n) is 2.52. The first-order valence-corrected chi connectivity index (χ1v) is 7.61. The highest BCUT2D eigenvalue weighted by Gasteiger charge is 2.14. The van der Waals surface area contributed by atoms with E-state index < -0.39 is 10.0 Å². The van der Waals surface area contributed by atoms with Crippen LogP contribution in [0.15, 0.2) is 35.7 Å². The van der Waals surface area contributed by atoms with Gasteiger partial charge >= 0.3 is 0 Å². The third-order valence-corrected chi connectivity index (χ3v) is 3.97. The quantitative estimate of drug-likeness (QED) is 0.405. The normalized spacial score (nSPS) is 11.2. The fourth-order valence-electron chi connectivity index (χ4n) is 1.48. The van der Waals surface area contributed by atoms with Gasteiger partial charge in [-0.25, -0.2) is 13.1 Å². The Morgan fingerprint density at radius 2 is 2.15 bits per heavy atom. The fraction of sp³-hybridized carbons (Fsp3) is 0.385. The predicted molar refractivity (Wildman–Crippen MR) is 78.2 cm³/mol. The Labute approximate surface area is 119 Å². The number of rotatable bonds is 9. The molecule has 0 spiro atoms. The van der Waals surface area contributed by atoms with Crippen LogP contribution in [0.3, 0.4) is 0 Å². The molecule has 1 aromatic carbocycles. The summed E-state index contributed by atoms with van der Waals surface area (Å²) in [6.07, 6.45) is 2.48. The Balaban J connectivity index is 2.56.